The number of carbonyl (C=O) groups excluding carboxylic acids is 2. The van der Waals surface area contributed by atoms with Crippen molar-refractivity contribution >= 4 is 23.4 Å². The Morgan fingerprint density at radius 2 is 1.86 bits per heavy atom. The van der Waals surface area contributed by atoms with Gasteiger partial charge in [0.2, 0.25) is 5.91 Å². The molecule has 0 aliphatic heterocycles. The summed E-state index contributed by atoms with van der Waals surface area (Å²) < 4.78 is 5.56. The third kappa shape index (κ3) is 5.73. The van der Waals surface area contributed by atoms with E-state index in [1.807, 2.05) is 19.9 Å². The van der Waals surface area contributed by atoms with Gasteiger partial charge in [-0.2, -0.15) is 5.26 Å². The molecule has 0 radical (unpaired) electrons. The Morgan fingerprint density at radius 1 is 1.18 bits per heavy atom. The predicted octanol–water partition coefficient (Wildman–Crippen LogP) is 3.09. The number of likely N-dealkylation sites (N-methyl/N-ethyl adjacent to an activating group) is 1. The molecule has 7 heteroatoms. The average molecular weight is 400 g/mol. The highest BCUT2D eigenvalue weighted by molar-refractivity contribution is 6.32. The van der Waals surface area contributed by atoms with Gasteiger partial charge in [-0.05, 0) is 49.7 Å². The van der Waals surface area contributed by atoms with Crippen molar-refractivity contribution in [2.24, 2.45) is 0 Å². The molecule has 28 heavy (non-hydrogen) atoms. The number of hydrogen-bond acceptors (Lipinski definition) is 4. The first kappa shape index (κ1) is 21.3. The SMILES string of the molecule is CNC(=O)[C@H](Cc1ccc(C#N)cc1)NC(=O)c1ccc(OC(C)C)c(Cl)c1. The lowest BCUT2D eigenvalue weighted by molar-refractivity contribution is -0.122. The van der Waals surface area contributed by atoms with E-state index in [9.17, 15) is 9.59 Å². The number of hydrogen-bond donors (Lipinski definition) is 2. The van der Waals surface area contributed by atoms with Gasteiger partial charge in [0.25, 0.3) is 5.91 Å². The van der Waals surface area contributed by atoms with Crippen LogP contribution >= 0.6 is 11.6 Å². The quantitative estimate of drug-likeness (QED) is 0.748. The van der Waals surface area contributed by atoms with E-state index in [1.165, 1.54) is 13.1 Å². The fourth-order valence-electron chi connectivity index (χ4n) is 2.57. The molecule has 2 aromatic rings. The third-order valence-corrected chi connectivity index (χ3v) is 4.24. The van der Waals surface area contributed by atoms with Crippen LogP contribution in [0.4, 0.5) is 0 Å². The summed E-state index contributed by atoms with van der Waals surface area (Å²) in [5.74, 6) is -0.238. The molecule has 146 valence electrons. The van der Waals surface area contributed by atoms with Crippen molar-refractivity contribution in [3.63, 3.8) is 0 Å². The van der Waals surface area contributed by atoms with E-state index in [4.69, 9.17) is 21.6 Å². The highest BCUT2D eigenvalue weighted by atomic mass is 35.5. The van der Waals surface area contributed by atoms with Crippen LogP contribution in [0.1, 0.15) is 35.3 Å². The highest BCUT2D eigenvalue weighted by Crippen LogP contribution is 2.26. The Morgan fingerprint density at radius 3 is 2.39 bits per heavy atom. The molecule has 0 saturated heterocycles. The minimum absolute atomic E-state index is 0.0396. The highest BCUT2D eigenvalue weighted by Gasteiger charge is 2.21. The molecular weight excluding hydrogens is 378 g/mol. The van der Waals surface area contributed by atoms with E-state index in [0.717, 1.165) is 5.56 Å². The van der Waals surface area contributed by atoms with Gasteiger partial charge in [0.15, 0.2) is 0 Å². The first-order valence-corrected chi connectivity index (χ1v) is 9.19. The number of amides is 2. The Balaban J connectivity index is 2.15. The fraction of sp³-hybridized carbons (Fsp3) is 0.286. The van der Waals surface area contributed by atoms with E-state index >= 15 is 0 Å². The van der Waals surface area contributed by atoms with Gasteiger partial charge in [-0.25, -0.2) is 0 Å². The number of ether oxygens (including phenoxy) is 1. The van der Waals surface area contributed by atoms with Crippen molar-refractivity contribution in [1.29, 1.82) is 5.26 Å². The summed E-state index contributed by atoms with van der Waals surface area (Å²) in [7, 11) is 1.51. The summed E-state index contributed by atoms with van der Waals surface area (Å²) >= 11 is 6.19. The first-order valence-electron chi connectivity index (χ1n) is 8.81. The molecule has 2 N–H and O–H groups in total. The molecule has 2 rings (SSSR count). The lowest BCUT2D eigenvalue weighted by Gasteiger charge is -2.18. The van der Waals surface area contributed by atoms with E-state index in [1.54, 1.807) is 36.4 Å². The van der Waals surface area contributed by atoms with Gasteiger partial charge in [-0.1, -0.05) is 23.7 Å². The largest absolute Gasteiger partial charge is 0.489 e. The topological polar surface area (TPSA) is 91.2 Å². The maximum atomic E-state index is 12.6. The van der Waals surface area contributed by atoms with Crippen LogP contribution in [-0.2, 0) is 11.2 Å². The molecule has 2 aromatic carbocycles. The fourth-order valence-corrected chi connectivity index (χ4v) is 2.79. The predicted molar refractivity (Wildman–Crippen MR) is 107 cm³/mol. The summed E-state index contributed by atoms with van der Waals surface area (Å²) in [6.07, 6.45) is 0.251. The normalized spacial score (nSPS) is 11.4. The zero-order valence-corrected chi connectivity index (χ0v) is 16.7. The van der Waals surface area contributed by atoms with E-state index in [-0.39, 0.29) is 12.0 Å². The Labute approximate surface area is 169 Å². The van der Waals surface area contributed by atoms with Gasteiger partial charge < -0.3 is 15.4 Å². The zero-order chi connectivity index (χ0) is 20.7. The van der Waals surface area contributed by atoms with Crippen LogP contribution in [0.5, 0.6) is 5.75 Å². The smallest absolute Gasteiger partial charge is 0.251 e. The lowest BCUT2D eigenvalue weighted by Crippen LogP contribution is -2.47. The van der Waals surface area contributed by atoms with Crippen LogP contribution in [0.15, 0.2) is 42.5 Å². The van der Waals surface area contributed by atoms with Crippen LogP contribution in [0.3, 0.4) is 0 Å². The summed E-state index contributed by atoms with van der Waals surface area (Å²) in [5, 5.41) is 14.5. The minimum Gasteiger partial charge on any atom is -0.489 e. The van der Waals surface area contributed by atoms with Crippen molar-refractivity contribution in [2.75, 3.05) is 7.05 Å². The van der Waals surface area contributed by atoms with E-state index < -0.39 is 11.9 Å². The Kier molecular flexibility index (Phi) is 7.42. The monoisotopic (exact) mass is 399 g/mol. The van der Waals surface area contributed by atoms with Crippen LogP contribution in [0.2, 0.25) is 5.02 Å². The van der Waals surface area contributed by atoms with Gasteiger partial charge in [0.1, 0.15) is 11.8 Å². The second-order valence-electron chi connectivity index (χ2n) is 6.46. The summed E-state index contributed by atoms with van der Waals surface area (Å²) in [6, 6.07) is 12.9. The molecular formula is C21H22ClN3O3. The number of nitrogens with one attached hydrogen (secondary N) is 2. The van der Waals surface area contributed by atoms with Crippen molar-refractivity contribution in [1.82, 2.24) is 10.6 Å². The maximum absolute atomic E-state index is 12.6. The minimum atomic E-state index is -0.768. The lowest BCUT2D eigenvalue weighted by atomic mass is 10.0. The number of carbonyl (C=O) groups is 2. The molecule has 0 unspecified atom stereocenters. The van der Waals surface area contributed by atoms with E-state index in [0.29, 0.717) is 28.3 Å². The van der Waals surface area contributed by atoms with Gasteiger partial charge >= 0.3 is 0 Å². The third-order valence-electron chi connectivity index (χ3n) is 3.95. The molecule has 2 amide bonds. The number of halogens is 1. The second-order valence-corrected chi connectivity index (χ2v) is 6.87. The van der Waals surface area contributed by atoms with Crippen molar-refractivity contribution in [3.05, 3.63) is 64.2 Å². The number of rotatable bonds is 7. The average Bonchev–Trinajstić information content (AvgIpc) is 2.68. The standard InChI is InChI=1S/C21H22ClN3O3/c1-13(2)28-19-9-8-16(11-17(19)22)20(26)25-18(21(27)24-3)10-14-4-6-15(12-23)7-5-14/h4-9,11,13,18H,10H2,1-3H3,(H,24,27)(H,25,26)/t18-/m0/s1. The first-order chi connectivity index (χ1) is 13.3. The molecule has 0 aromatic heterocycles. The Bertz CT molecular complexity index is 889. The van der Waals surface area contributed by atoms with Crippen molar-refractivity contribution in [3.8, 4) is 11.8 Å². The number of nitrogens with zero attached hydrogens (tertiary/aromatic N) is 1. The molecule has 6 nitrogen and oxygen atoms in total. The second kappa shape index (κ2) is 9.77. The van der Waals surface area contributed by atoms with Crippen LogP contribution in [0.25, 0.3) is 0 Å². The zero-order valence-electron chi connectivity index (χ0n) is 16.0. The molecule has 1 atom stereocenters. The molecule has 0 heterocycles. The Hall–Kier alpha value is -3.04. The van der Waals surface area contributed by atoms with Gasteiger partial charge in [-0.3, -0.25) is 9.59 Å². The van der Waals surface area contributed by atoms with Crippen molar-refractivity contribution in [2.45, 2.75) is 32.4 Å². The van der Waals surface area contributed by atoms with Crippen LogP contribution in [0, 0.1) is 11.3 Å². The summed E-state index contributed by atoms with van der Waals surface area (Å²) in [6.45, 7) is 3.77. The number of benzene rings is 2. The van der Waals surface area contributed by atoms with Gasteiger partial charge in [-0.15, -0.1) is 0 Å². The molecule has 0 spiro atoms. The maximum Gasteiger partial charge on any atom is 0.251 e. The van der Waals surface area contributed by atoms with Gasteiger partial charge in [0, 0.05) is 19.0 Å². The van der Waals surface area contributed by atoms with E-state index in [2.05, 4.69) is 10.6 Å². The molecule has 0 saturated carbocycles. The van der Waals surface area contributed by atoms with Gasteiger partial charge in [0.05, 0.1) is 22.8 Å². The van der Waals surface area contributed by atoms with Crippen molar-refractivity contribution < 1.29 is 14.3 Å². The van der Waals surface area contributed by atoms with Crippen LogP contribution < -0.4 is 15.4 Å². The van der Waals surface area contributed by atoms with Crippen LogP contribution in [-0.4, -0.2) is 31.0 Å². The summed E-state index contributed by atoms with van der Waals surface area (Å²) in [4.78, 5) is 24.8. The number of nitriles is 1. The molecule has 0 bridgehead atoms. The molecule has 0 fully saturated rings. The summed E-state index contributed by atoms with van der Waals surface area (Å²) in [5.41, 5.74) is 1.68. The molecule has 0 aliphatic rings. The molecule has 0 aliphatic carbocycles.